The first kappa shape index (κ1) is 23.6. The van der Waals surface area contributed by atoms with E-state index in [1.165, 1.54) is 24.6 Å². The number of amides is 1. The Morgan fingerprint density at radius 1 is 1.12 bits per heavy atom. The number of anilines is 1. The van der Waals surface area contributed by atoms with Crippen LogP contribution in [0, 0.1) is 0 Å². The van der Waals surface area contributed by atoms with Gasteiger partial charge in [-0.15, -0.1) is 0 Å². The zero-order valence-corrected chi connectivity index (χ0v) is 21.3. The number of aryl methyl sites for hydroxylation is 1. The van der Waals surface area contributed by atoms with Crippen LogP contribution < -0.4 is 10.5 Å². The van der Waals surface area contributed by atoms with Crippen LogP contribution in [0.2, 0.25) is 0 Å². The van der Waals surface area contributed by atoms with E-state index in [-0.39, 0.29) is 17.6 Å². The summed E-state index contributed by atoms with van der Waals surface area (Å²) in [5.74, 6) is -0.122. The van der Waals surface area contributed by atoms with E-state index in [2.05, 4.69) is 11.0 Å². The van der Waals surface area contributed by atoms with Crippen LogP contribution in [-0.2, 0) is 16.1 Å². The molecule has 3 saturated heterocycles. The van der Waals surface area contributed by atoms with E-state index in [1.807, 2.05) is 29.7 Å². The topological polar surface area (TPSA) is 54.8 Å². The molecular formula is C26H31N3O3S2. The van der Waals surface area contributed by atoms with E-state index in [9.17, 15) is 9.59 Å². The van der Waals surface area contributed by atoms with Gasteiger partial charge in [-0.1, -0.05) is 55.0 Å². The fourth-order valence-corrected chi connectivity index (χ4v) is 6.53. The van der Waals surface area contributed by atoms with Crippen LogP contribution in [0.1, 0.15) is 51.0 Å². The predicted molar refractivity (Wildman–Crippen MR) is 143 cm³/mol. The van der Waals surface area contributed by atoms with Crippen LogP contribution in [-0.4, -0.2) is 52.0 Å². The third kappa shape index (κ3) is 4.43. The van der Waals surface area contributed by atoms with Crippen molar-refractivity contribution in [2.45, 2.75) is 58.1 Å². The lowest BCUT2D eigenvalue weighted by Crippen LogP contribution is -2.35. The number of aromatic nitrogens is 1. The molecule has 180 valence electrons. The van der Waals surface area contributed by atoms with Crippen molar-refractivity contribution in [2.75, 3.05) is 31.1 Å². The summed E-state index contributed by atoms with van der Waals surface area (Å²) in [5.41, 5.74) is 2.44. The van der Waals surface area contributed by atoms with Gasteiger partial charge in [-0.05, 0) is 44.7 Å². The SMILES string of the molecule is CCn1c(=O)c(C=C2SC(=S)N(CC3CCCO3)C2=O)c(N2CCCCCC2)c2ccccc21. The zero-order valence-electron chi connectivity index (χ0n) is 19.6. The highest BCUT2D eigenvalue weighted by Gasteiger charge is 2.35. The van der Waals surface area contributed by atoms with Gasteiger partial charge in [-0.3, -0.25) is 14.5 Å². The van der Waals surface area contributed by atoms with Gasteiger partial charge in [0, 0.05) is 31.6 Å². The first-order valence-electron chi connectivity index (χ1n) is 12.4. The summed E-state index contributed by atoms with van der Waals surface area (Å²) in [4.78, 5) is 31.7. The van der Waals surface area contributed by atoms with Crippen molar-refractivity contribution in [3.8, 4) is 0 Å². The minimum atomic E-state index is -0.122. The molecule has 2 aromatic rings. The number of hydrogen-bond acceptors (Lipinski definition) is 6. The van der Waals surface area contributed by atoms with Gasteiger partial charge in [0.15, 0.2) is 0 Å². The molecule has 34 heavy (non-hydrogen) atoms. The molecule has 0 aliphatic carbocycles. The zero-order chi connectivity index (χ0) is 23.7. The van der Waals surface area contributed by atoms with Crippen molar-refractivity contribution in [1.82, 2.24) is 9.47 Å². The first-order chi connectivity index (χ1) is 16.6. The minimum absolute atomic E-state index is 0.0347. The van der Waals surface area contributed by atoms with Crippen molar-refractivity contribution in [1.29, 1.82) is 0 Å². The third-order valence-corrected chi connectivity index (χ3v) is 8.36. The first-order valence-corrected chi connectivity index (χ1v) is 13.6. The second-order valence-electron chi connectivity index (χ2n) is 9.16. The number of para-hydroxylation sites is 1. The fourth-order valence-electron chi connectivity index (χ4n) is 5.27. The number of thioether (sulfide) groups is 1. The summed E-state index contributed by atoms with van der Waals surface area (Å²) in [7, 11) is 0. The number of rotatable bonds is 5. The molecule has 1 aromatic heterocycles. The standard InChI is InChI=1S/C26H31N3O3S2/c1-2-28-21-12-6-5-11-19(21)23(27-13-7-3-4-8-14-27)20(24(28)30)16-22-25(31)29(26(33)34-22)17-18-10-9-15-32-18/h5-6,11-12,16,18H,2-4,7-10,13-15,17H2,1H3. The van der Waals surface area contributed by atoms with Crippen LogP contribution in [0.4, 0.5) is 5.69 Å². The molecule has 1 aromatic carbocycles. The van der Waals surface area contributed by atoms with Gasteiger partial charge in [0.2, 0.25) is 0 Å². The maximum absolute atomic E-state index is 13.8. The predicted octanol–water partition coefficient (Wildman–Crippen LogP) is 4.78. The molecule has 4 heterocycles. The van der Waals surface area contributed by atoms with Crippen molar-refractivity contribution < 1.29 is 9.53 Å². The molecule has 3 aliphatic heterocycles. The summed E-state index contributed by atoms with van der Waals surface area (Å²) < 4.78 is 8.09. The van der Waals surface area contributed by atoms with Crippen molar-refractivity contribution in [3.05, 3.63) is 45.1 Å². The molecule has 1 amide bonds. The summed E-state index contributed by atoms with van der Waals surface area (Å²) in [6.45, 7) is 5.62. The number of benzene rings is 1. The van der Waals surface area contributed by atoms with Gasteiger partial charge in [0.05, 0.1) is 34.3 Å². The number of ether oxygens (including phenoxy) is 1. The molecule has 5 rings (SSSR count). The molecule has 0 radical (unpaired) electrons. The summed E-state index contributed by atoms with van der Waals surface area (Å²) >= 11 is 6.85. The minimum Gasteiger partial charge on any atom is -0.376 e. The normalized spacial score (nSPS) is 22.9. The highest BCUT2D eigenvalue weighted by atomic mass is 32.2. The summed E-state index contributed by atoms with van der Waals surface area (Å²) in [5, 5.41) is 1.06. The second kappa shape index (κ2) is 10.2. The molecule has 3 fully saturated rings. The highest BCUT2D eigenvalue weighted by Crippen LogP contribution is 2.37. The summed E-state index contributed by atoms with van der Waals surface area (Å²) in [6, 6.07) is 8.13. The lowest BCUT2D eigenvalue weighted by Gasteiger charge is -2.27. The van der Waals surface area contributed by atoms with Gasteiger partial charge >= 0.3 is 0 Å². The fraction of sp³-hybridized carbons (Fsp3) is 0.500. The lowest BCUT2D eigenvalue weighted by molar-refractivity contribution is -0.123. The number of hydrogen-bond donors (Lipinski definition) is 0. The van der Waals surface area contributed by atoms with Gasteiger partial charge in [0.1, 0.15) is 4.32 Å². The Morgan fingerprint density at radius 2 is 1.88 bits per heavy atom. The average Bonchev–Trinajstić information content (AvgIpc) is 3.34. The Hall–Kier alpha value is -2.16. The molecule has 0 bridgehead atoms. The molecule has 0 saturated carbocycles. The maximum Gasteiger partial charge on any atom is 0.266 e. The highest BCUT2D eigenvalue weighted by molar-refractivity contribution is 8.26. The monoisotopic (exact) mass is 497 g/mol. The van der Waals surface area contributed by atoms with Gasteiger partial charge in [0.25, 0.3) is 11.5 Å². The Balaban J connectivity index is 1.62. The second-order valence-corrected chi connectivity index (χ2v) is 10.8. The Kier molecular flexibility index (Phi) is 7.09. The van der Waals surface area contributed by atoms with Gasteiger partial charge in [-0.2, -0.15) is 0 Å². The van der Waals surface area contributed by atoms with Crippen LogP contribution in [0.25, 0.3) is 17.0 Å². The van der Waals surface area contributed by atoms with E-state index >= 15 is 0 Å². The molecule has 8 heteroatoms. The van der Waals surface area contributed by atoms with Crippen LogP contribution in [0.3, 0.4) is 0 Å². The quantitative estimate of drug-likeness (QED) is 0.438. The van der Waals surface area contributed by atoms with Crippen LogP contribution in [0.5, 0.6) is 0 Å². The largest absolute Gasteiger partial charge is 0.376 e. The molecule has 1 atom stereocenters. The summed E-state index contributed by atoms with van der Waals surface area (Å²) in [6.07, 6.45) is 8.42. The van der Waals surface area contributed by atoms with Crippen LogP contribution >= 0.6 is 24.0 Å². The number of nitrogens with zero attached hydrogens (tertiary/aromatic N) is 3. The van der Waals surface area contributed by atoms with Crippen LogP contribution in [0.15, 0.2) is 34.0 Å². The van der Waals surface area contributed by atoms with E-state index in [0.29, 0.717) is 27.9 Å². The van der Waals surface area contributed by atoms with E-state index in [4.69, 9.17) is 17.0 Å². The number of pyridine rings is 1. The van der Waals surface area contributed by atoms with Crippen molar-refractivity contribution in [3.63, 3.8) is 0 Å². The van der Waals surface area contributed by atoms with E-state index in [1.54, 1.807) is 11.0 Å². The molecule has 1 unspecified atom stereocenters. The molecule has 6 nitrogen and oxygen atoms in total. The number of carbonyl (C=O) groups is 1. The van der Waals surface area contributed by atoms with E-state index < -0.39 is 0 Å². The molecule has 0 N–H and O–H groups in total. The Labute approximate surface area is 209 Å². The van der Waals surface area contributed by atoms with Crippen molar-refractivity contribution >= 4 is 56.9 Å². The van der Waals surface area contributed by atoms with Gasteiger partial charge in [-0.25, -0.2) is 0 Å². The molecule has 3 aliphatic rings. The molecular weight excluding hydrogens is 466 g/mol. The van der Waals surface area contributed by atoms with Crippen molar-refractivity contribution in [2.24, 2.45) is 0 Å². The number of thiocarbonyl (C=S) groups is 1. The lowest BCUT2D eigenvalue weighted by atomic mass is 10.1. The smallest absolute Gasteiger partial charge is 0.266 e. The molecule has 0 spiro atoms. The average molecular weight is 498 g/mol. The third-order valence-electron chi connectivity index (χ3n) is 6.98. The maximum atomic E-state index is 13.8. The van der Waals surface area contributed by atoms with Gasteiger partial charge < -0.3 is 14.2 Å². The Morgan fingerprint density at radius 3 is 2.59 bits per heavy atom. The van der Waals surface area contributed by atoms with E-state index in [0.717, 1.165) is 62.0 Å². The number of fused-ring (bicyclic) bond motifs is 1. The Bertz CT molecular complexity index is 1190. The number of carbonyl (C=O) groups excluding carboxylic acids is 1.